The number of aliphatic hydroxyl groups excluding tert-OH is 1. The van der Waals surface area contributed by atoms with Crippen molar-refractivity contribution in [3.05, 3.63) is 35.9 Å². The van der Waals surface area contributed by atoms with E-state index in [1.54, 1.807) is 0 Å². The molecule has 1 N–H and O–H groups in total. The molecule has 1 aliphatic heterocycles. The second-order valence-corrected chi connectivity index (χ2v) is 5.89. The van der Waals surface area contributed by atoms with E-state index in [0.717, 1.165) is 5.56 Å². The summed E-state index contributed by atoms with van der Waals surface area (Å²) in [4.78, 5) is 11.0. The van der Waals surface area contributed by atoms with Gasteiger partial charge in [-0.05, 0) is 12.0 Å². The third kappa shape index (κ3) is 6.64. The first-order valence-electron chi connectivity index (χ1n) is 8.04. The molecule has 0 unspecified atom stereocenters. The van der Waals surface area contributed by atoms with Gasteiger partial charge in [0.05, 0.1) is 25.4 Å². The number of ether oxygens (including phenoxy) is 3. The molecule has 1 aromatic rings. The maximum Gasteiger partial charge on any atom is 0.490 e. The molecule has 0 radical (unpaired) electrons. The molecule has 1 saturated heterocycles. The van der Waals surface area contributed by atoms with Crippen LogP contribution in [0.3, 0.4) is 0 Å². The van der Waals surface area contributed by atoms with Crippen molar-refractivity contribution in [3.8, 4) is 0 Å². The standard InChI is InChI=1S/C17H21F3O5/c18-17(19,20)16(22)25-14-8-13(24-15(9-14)10-21)6-7-23-11-12-4-2-1-3-5-12/h1-5,13-15,21H,6-11H2/t13-,14+,15-/m1/s1. The van der Waals surface area contributed by atoms with Crippen molar-refractivity contribution in [3.63, 3.8) is 0 Å². The number of aliphatic hydroxyl groups is 1. The van der Waals surface area contributed by atoms with Crippen LogP contribution in [0.2, 0.25) is 0 Å². The molecule has 0 bridgehead atoms. The second-order valence-electron chi connectivity index (χ2n) is 5.89. The maximum absolute atomic E-state index is 12.3. The Morgan fingerprint density at radius 3 is 2.52 bits per heavy atom. The number of hydrogen-bond donors (Lipinski definition) is 1. The average molecular weight is 362 g/mol. The van der Waals surface area contributed by atoms with E-state index in [4.69, 9.17) is 9.47 Å². The summed E-state index contributed by atoms with van der Waals surface area (Å²) in [6.07, 6.45) is -6.43. The van der Waals surface area contributed by atoms with Gasteiger partial charge in [-0.25, -0.2) is 4.79 Å². The quantitative estimate of drug-likeness (QED) is 0.597. The number of rotatable bonds is 7. The maximum atomic E-state index is 12.3. The van der Waals surface area contributed by atoms with E-state index >= 15 is 0 Å². The van der Waals surface area contributed by atoms with E-state index in [0.29, 0.717) is 19.6 Å². The van der Waals surface area contributed by atoms with Crippen molar-refractivity contribution < 1.29 is 37.3 Å². The molecule has 8 heteroatoms. The Balaban J connectivity index is 1.78. The van der Waals surface area contributed by atoms with Gasteiger partial charge >= 0.3 is 12.1 Å². The normalized spacial score (nSPS) is 24.1. The second kappa shape index (κ2) is 9.17. The van der Waals surface area contributed by atoms with Crippen LogP contribution in [0.15, 0.2) is 30.3 Å². The molecule has 3 atom stereocenters. The highest BCUT2D eigenvalue weighted by atomic mass is 19.4. The SMILES string of the molecule is O=C(O[C@H]1C[C@@H](CCOCc2ccccc2)O[C@@H](CO)C1)C(F)(F)F. The number of carbonyl (C=O) groups is 1. The Morgan fingerprint density at radius 2 is 1.88 bits per heavy atom. The third-order valence-electron chi connectivity index (χ3n) is 3.84. The third-order valence-corrected chi connectivity index (χ3v) is 3.84. The molecule has 0 aromatic heterocycles. The molecule has 1 fully saturated rings. The van der Waals surface area contributed by atoms with E-state index in [2.05, 4.69) is 4.74 Å². The highest BCUT2D eigenvalue weighted by Crippen LogP contribution is 2.27. The van der Waals surface area contributed by atoms with E-state index in [9.17, 15) is 23.1 Å². The van der Waals surface area contributed by atoms with E-state index < -0.39 is 30.5 Å². The summed E-state index contributed by atoms with van der Waals surface area (Å²) in [7, 11) is 0. The number of alkyl halides is 3. The highest BCUT2D eigenvalue weighted by molar-refractivity contribution is 5.75. The van der Waals surface area contributed by atoms with Gasteiger partial charge in [0.2, 0.25) is 0 Å². The molecule has 1 aliphatic rings. The lowest BCUT2D eigenvalue weighted by Gasteiger charge is -2.34. The van der Waals surface area contributed by atoms with Crippen LogP contribution in [0, 0.1) is 0 Å². The van der Waals surface area contributed by atoms with E-state index in [-0.39, 0.29) is 19.4 Å². The van der Waals surface area contributed by atoms with E-state index in [1.807, 2.05) is 30.3 Å². The molecule has 0 amide bonds. The molecular formula is C17H21F3O5. The fourth-order valence-corrected chi connectivity index (χ4v) is 2.66. The van der Waals surface area contributed by atoms with Crippen molar-refractivity contribution >= 4 is 5.97 Å². The fraction of sp³-hybridized carbons (Fsp3) is 0.588. The first-order valence-corrected chi connectivity index (χ1v) is 8.04. The summed E-state index contributed by atoms with van der Waals surface area (Å²) < 4.78 is 52.6. The molecule has 140 valence electrons. The lowest BCUT2D eigenvalue weighted by molar-refractivity contribution is -0.213. The van der Waals surface area contributed by atoms with Gasteiger partial charge in [0, 0.05) is 19.4 Å². The van der Waals surface area contributed by atoms with Crippen molar-refractivity contribution in [2.75, 3.05) is 13.2 Å². The topological polar surface area (TPSA) is 65.0 Å². The minimum atomic E-state index is -5.03. The molecular weight excluding hydrogens is 341 g/mol. The number of carbonyl (C=O) groups excluding carboxylic acids is 1. The lowest BCUT2D eigenvalue weighted by Crippen LogP contribution is -2.42. The molecule has 25 heavy (non-hydrogen) atoms. The predicted molar refractivity (Wildman–Crippen MR) is 81.6 cm³/mol. The summed E-state index contributed by atoms with van der Waals surface area (Å²) >= 11 is 0. The van der Waals surface area contributed by atoms with Crippen LogP contribution in [-0.4, -0.2) is 48.8 Å². The Bertz CT molecular complexity index is 535. The van der Waals surface area contributed by atoms with Gasteiger partial charge in [0.15, 0.2) is 0 Å². The Hall–Kier alpha value is -1.64. The van der Waals surface area contributed by atoms with Crippen molar-refractivity contribution in [1.82, 2.24) is 0 Å². The largest absolute Gasteiger partial charge is 0.490 e. The zero-order chi connectivity index (χ0) is 18.3. The molecule has 5 nitrogen and oxygen atoms in total. The van der Waals surface area contributed by atoms with Crippen molar-refractivity contribution in [2.24, 2.45) is 0 Å². The van der Waals surface area contributed by atoms with Crippen LogP contribution >= 0.6 is 0 Å². The molecule has 1 aromatic carbocycles. The van der Waals surface area contributed by atoms with Gasteiger partial charge in [-0.3, -0.25) is 0 Å². The number of benzene rings is 1. The average Bonchev–Trinajstić information content (AvgIpc) is 2.58. The Kier molecular flexibility index (Phi) is 7.22. The summed E-state index contributed by atoms with van der Waals surface area (Å²) in [5, 5.41) is 9.22. The summed E-state index contributed by atoms with van der Waals surface area (Å²) in [6, 6.07) is 9.54. The van der Waals surface area contributed by atoms with Crippen molar-refractivity contribution in [2.45, 2.75) is 50.4 Å². The number of hydrogen-bond acceptors (Lipinski definition) is 5. The number of esters is 1. The van der Waals surface area contributed by atoms with Crippen LogP contribution in [0.4, 0.5) is 13.2 Å². The van der Waals surface area contributed by atoms with Gasteiger partial charge in [-0.2, -0.15) is 13.2 Å². The zero-order valence-corrected chi connectivity index (χ0v) is 13.6. The Morgan fingerprint density at radius 1 is 1.20 bits per heavy atom. The van der Waals surface area contributed by atoms with Gasteiger partial charge in [-0.1, -0.05) is 30.3 Å². The molecule has 2 rings (SSSR count). The van der Waals surface area contributed by atoms with Crippen LogP contribution < -0.4 is 0 Å². The number of halogens is 3. The van der Waals surface area contributed by atoms with Gasteiger partial charge < -0.3 is 19.3 Å². The molecule has 0 aliphatic carbocycles. The first-order chi connectivity index (χ1) is 11.9. The minimum Gasteiger partial charge on any atom is -0.456 e. The lowest BCUT2D eigenvalue weighted by atomic mass is 9.99. The Labute approximate surface area is 143 Å². The smallest absolute Gasteiger partial charge is 0.456 e. The van der Waals surface area contributed by atoms with Crippen LogP contribution in [0.5, 0.6) is 0 Å². The minimum absolute atomic E-state index is 0.0414. The van der Waals surface area contributed by atoms with E-state index in [1.165, 1.54) is 0 Å². The molecule has 1 heterocycles. The summed E-state index contributed by atoms with van der Waals surface area (Å²) in [5.74, 6) is -2.21. The highest BCUT2D eigenvalue weighted by Gasteiger charge is 2.43. The van der Waals surface area contributed by atoms with Gasteiger partial charge in [0.1, 0.15) is 6.10 Å². The summed E-state index contributed by atoms with van der Waals surface area (Å²) in [6.45, 7) is 0.419. The zero-order valence-electron chi connectivity index (χ0n) is 13.6. The molecule has 0 spiro atoms. The van der Waals surface area contributed by atoms with Crippen LogP contribution in [-0.2, 0) is 25.6 Å². The van der Waals surface area contributed by atoms with Gasteiger partial charge in [0.25, 0.3) is 0 Å². The van der Waals surface area contributed by atoms with Gasteiger partial charge in [-0.15, -0.1) is 0 Å². The fourth-order valence-electron chi connectivity index (χ4n) is 2.66. The molecule has 0 saturated carbocycles. The monoisotopic (exact) mass is 362 g/mol. The summed E-state index contributed by atoms with van der Waals surface area (Å²) in [5.41, 5.74) is 1.01. The van der Waals surface area contributed by atoms with Crippen LogP contribution in [0.25, 0.3) is 0 Å². The predicted octanol–water partition coefficient (Wildman–Crippen LogP) is 2.61. The van der Waals surface area contributed by atoms with Crippen molar-refractivity contribution in [1.29, 1.82) is 0 Å². The first kappa shape index (κ1) is 19.7. The van der Waals surface area contributed by atoms with Crippen LogP contribution in [0.1, 0.15) is 24.8 Å².